The minimum atomic E-state index is 0.385. The highest BCUT2D eigenvalue weighted by Crippen LogP contribution is 2.31. The van der Waals surface area contributed by atoms with Crippen LogP contribution in [0.3, 0.4) is 0 Å². The molecule has 2 aliphatic carbocycles. The number of hydrogen-bond donors (Lipinski definition) is 0. The van der Waals surface area contributed by atoms with E-state index < -0.39 is 0 Å². The molecular weight excluding hydrogens is 278 g/mol. The van der Waals surface area contributed by atoms with Gasteiger partial charge in [0.25, 0.3) is 0 Å². The van der Waals surface area contributed by atoms with Crippen molar-refractivity contribution in [3.8, 4) is 0 Å². The Hall–Kier alpha value is -0.830. The van der Waals surface area contributed by atoms with Crippen molar-refractivity contribution in [2.45, 2.75) is 82.7 Å². The van der Waals surface area contributed by atoms with Crippen LogP contribution in [0.25, 0.3) is 0 Å². The Bertz CT molecular complexity index is 412. The van der Waals surface area contributed by atoms with Gasteiger partial charge in [-0.15, -0.1) is 11.3 Å². The summed E-state index contributed by atoms with van der Waals surface area (Å²) < 4.78 is 0. The lowest BCUT2D eigenvalue weighted by atomic mass is 9.88. The summed E-state index contributed by atoms with van der Waals surface area (Å²) >= 11 is 1.71. The highest BCUT2D eigenvalue weighted by atomic mass is 32.1. The van der Waals surface area contributed by atoms with Gasteiger partial charge in [-0.25, -0.2) is 0 Å². The molecule has 3 rings (SSSR count). The average Bonchev–Trinajstić information content (AvgIpc) is 3.02. The number of carbonyl (C=O) groups is 1. The van der Waals surface area contributed by atoms with E-state index in [1.54, 1.807) is 11.3 Å². The van der Waals surface area contributed by atoms with Gasteiger partial charge in [0.15, 0.2) is 0 Å². The second-order valence-electron chi connectivity index (χ2n) is 6.64. The van der Waals surface area contributed by atoms with Gasteiger partial charge in [0.1, 0.15) is 0 Å². The van der Waals surface area contributed by atoms with E-state index in [0.717, 1.165) is 0 Å². The number of hydrogen-bond acceptors (Lipinski definition) is 2. The maximum absolute atomic E-state index is 12.9. The van der Waals surface area contributed by atoms with Gasteiger partial charge in [0.2, 0.25) is 5.91 Å². The van der Waals surface area contributed by atoms with Crippen LogP contribution in [-0.2, 0) is 11.2 Å². The van der Waals surface area contributed by atoms with E-state index in [9.17, 15) is 4.79 Å². The molecule has 0 radical (unpaired) electrons. The third kappa shape index (κ3) is 3.88. The lowest BCUT2D eigenvalue weighted by molar-refractivity contribution is -0.137. The summed E-state index contributed by atoms with van der Waals surface area (Å²) in [6.07, 6.45) is 13.5. The van der Waals surface area contributed by atoms with E-state index in [-0.39, 0.29) is 0 Å². The van der Waals surface area contributed by atoms with Crippen LogP contribution in [0.4, 0.5) is 0 Å². The quantitative estimate of drug-likeness (QED) is 0.783. The van der Waals surface area contributed by atoms with E-state index >= 15 is 0 Å². The molecule has 2 nitrogen and oxygen atoms in total. The van der Waals surface area contributed by atoms with Crippen LogP contribution >= 0.6 is 11.3 Å². The smallest absolute Gasteiger partial charge is 0.228 e. The molecule has 116 valence electrons. The second-order valence-corrected chi connectivity index (χ2v) is 7.67. The predicted molar refractivity (Wildman–Crippen MR) is 88.6 cm³/mol. The molecule has 0 spiro atoms. The molecule has 2 saturated carbocycles. The Labute approximate surface area is 132 Å². The minimum Gasteiger partial charge on any atom is -0.336 e. The van der Waals surface area contributed by atoms with Crippen molar-refractivity contribution >= 4 is 17.2 Å². The van der Waals surface area contributed by atoms with Crippen LogP contribution in [0.1, 0.15) is 69.1 Å². The molecule has 0 bridgehead atoms. The zero-order valence-corrected chi connectivity index (χ0v) is 13.7. The van der Waals surface area contributed by atoms with Gasteiger partial charge < -0.3 is 4.90 Å². The molecule has 0 aromatic carbocycles. The minimum absolute atomic E-state index is 0.385. The van der Waals surface area contributed by atoms with Crippen LogP contribution in [0.2, 0.25) is 0 Å². The summed E-state index contributed by atoms with van der Waals surface area (Å²) in [5.41, 5.74) is 0. The van der Waals surface area contributed by atoms with Crippen molar-refractivity contribution in [2.75, 3.05) is 0 Å². The molecule has 1 aromatic rings. The molecule has 1 heterocycles. The molecule has 0 aliphatic heterocycles. The first-order chi connectivity index (χ1) is 10.3. The summed E-state index contributed by atoms with van der Waals surface area (Å²) in [6.45, 7) is 0. The van der Waals surface area contributed by atoms with Crippen LogP contribution in [-0.4, -0.2) is 22.9 Å². The van der Waals surface area contributed by atoms with Gasteiger partial charge in [-0.05, 0) is 37.1 Å². The average molecular weight is 305 g/mol. The molecule has 1 amide bonds. The summed E-state index contributed by atoms with van der Waals surface area (Å²) in [7, 11) is 0. The Morgan fingerprint density at radius 3 is 2.05 bits per heavy atom. The Balaban J connectivity index is 1.71. The zero-order chi connectivity index (χ0) is 14.5. The zero-order valence-electron chi connectivity index (χ0n) is 12.9. The van der Waals surface area contributed by atoms with Gasteiger partial charge in [0.05, 0.1) is 6.42 Å². The third-order valence-electron chi connectivity index (χ3n) is 5.13. The number of carbonyl (C=O) groups excluding carboxylic acids is 1. The highest BCUT2D eigenvalue weighted by Gasteiger charge is 2.32. The monoisotopic (exact) mass is 305 g/mol. The van der Waals surface area contributed by atoms with Crippen LogP contribution in [0, 0.1) is 0 Å². The van der Waals surface area contributed by atoms with E-state index in [1.165, 1.54) is 69.1 Å². The fourth-order valence-electron chi connectivity index (χ4n) is 4.08. The molecule has 0 N–H and O–H groups in total. The van der Waals surface area contributed by atoms with Crippen LogP contribution < -0.4 is 0 Å². The summed E-state index contributed by atoms with van der Waals surface area (Å²) in [6, 6.07) is 5.20. The normalized spacial score (nSPS) is 21.3. The number of rotatable bonds is 4. The fourth-order valence-corrected chi connectivity index (χ4v) is 4.77. The van der Waals surface area contributed by atoms with Crippen molar-refractivity contribution in [2.24, 2.45) is 0 Å². The number of nitrogens with zero attached hydrogens (tertiary/aromatic N) is 1. The van der Waals surface area contributed by atoms with Crippen molar-refractivity contribution in [1.29, 1.82) is 0 Å². The Kier molecular flexibility index (Phi) is 5.34. The van der Waals surface area contributed by atoms with E-state index in [2.05, 4.69) is 22.4 Å². The van der Waals surface area contributed by atoms with Gasteiger partial charge in [-0.1, -0.05) is 44.6 Å². The second kappa shape index (κ2) is 7.44. The molecule has 0 atom stereocenters. The van der Waals surface area contributed by atoms with E-state index in [4.69, 9.17) is 0 Å². The van der Waals surface area contributed by atoms with Gasteiger partial charge in [-0.3, -0.25) is 4.79 Å². The first kappa shape index (κ1) is 15.1. The number of thiophene rings is 1. The van der Waals surface area contributed by atoms with E-state index in [0.29, 0.717) is 24.4 Å². The first-order valence-electron chi connectivity index (χ1n) is 8.68. The Morgan fingerprint density at radius 1 is 1.00 bits per heavy atom. The largest absolute Gasteiger partial charge is 0.336 e. The topological polar surface area (TPSA) is 20.3 Å². The molecule has 2 fully saturated rings. The highest BCUT2D eigenvalue weighted by molar-refractivity contribution is 7.10. The fraction of sp³-hybridized carbons (Fsp3) is 0.722. The predicted octanol–water partition coefficient (Wildman–Crippen LogP) is 4.78. The third-order valence-corrected chi connectivity index (χ3v) is 6.01. The summed E-state index contributed by atoms with van der Waals surface area (Å²) in [4.78, 5) is 16.5. The molecule has 0 unspecified atom stereocenters. The maximum Gasteiger partial charge on any atom is 0.228 e. The Morgan fingerprint density at radius 2 is 1.57 bits per heavy atom. The first-order valence-corrected chi connectivity index (χ1v) is 9.56. The number of amides is 1. The molecule has 21 heavy (non-hydrogen) atoms. The van der Waals surface area contributed by atoms with Crippen molar-refractivity contribution in [1.82, 2.24) is 4.90 Å². The molecule has 2 aliphatic rings. The standard InChI is InChI=1S/C18H27NOS/c20-18(14-17-12-7-13-21-17)19(15-8-3-1-4-9-15)16-10-5-2-6-11-16/h7,12-13,15-16H,1-6,8-11,14H2. The SMILES string of the molecule is O=C(Cc1cccs1)N(C1CCCCC1)C1CCCCC1. The lowest BCUT2D eigenvalue weighted by Crippen LogP contribution is -2.49. The molecule has 0 saturated heterocycles. The van der Waals surface area contributed by atoms with Gasteiger partial charge >= 0.3 is 0 Å². The summed E-state index contributed by atoms with van der Waals surface area (Å²) in [5, 5.41) is 2.08. The van der Waals surface area contributed by atoms with Crippen molar-refractivity contribution in [3.05, 3.63) is 22.4 Å². The van der Waals surface area contributed by atoms with Crippen molar-refractivity contribution < 1.29 is 4.79 Å². The van der Waals surface area contributed by atoms with Gasteiger partial charge in [0, 0.05) is 17.0 Å². The molecular formula is C18H27NOS. The van der Waals surface area contributed by atoms with Crippen LogP contribution in [0.5, 0.6) is 0 Å². The molecule has 1 aromatic heterocycles. The van der Waals surface area contributed by atoms with Gasteiger partial charge in [-0.2, -0.15) is 0 Å². The molecule has 3 heteroatoms. The van der Waals surface area contributed by atoms with Crippen LogP contribution in [0.15, 0.2) is 17.5 Å². The maximum atomic E-state index is 12.9. The van der Waals surface area contributed by atoms with E-state index in [1.807, 2.05) is 0 Å². The summed E-state index contributed by atoms with van der Waals surface area (Å²) in [5.74, 6) is 0.385. The lowest BCUT2D eigenvalue weighted by Gasteiger charge is -2.42. The van der Waals surface area contributed by atoms with Crippen molar-refractivity contribution in [3.63, 3.8) is 0 Å².